The van der Waals surface area contributed by atoms with Gasteiger partial charge < -0.3 is 15.5 Å². The fraction of sp³-hybridized carbons (Fsp3) is 0.538. The average molecular weight is 360 g/mol. The number of carbonyl (C=O) groups is 1. The number of nitrogens with two attached hydrogens (primary N) is 1. The molecule has 1 aromatic heterocycles. The Bertz CT molecular complexity index is 504. The summed E-state index contributed by atoms with van der Waals surface area (Å²) in [5, 5.41) is 5.72. The Morgan fingerprint density at radius 3 is 3.10 bits per heavy atom. The normalized spacial score (nSPS) is 20.0. The number of piperidine rings is 1. The summed E-state index contributed by atoms with van der Waals surface area (Å²) < 4.78 is 0.953. The van der Waals surface area contributed by atoms with E-state index in [4.69, 9.17) is 10.6 Å². The number of hydrogen-bond donors (Lipinski definition) is 1. The van der Waals surface area contributed by atoms with Crippen LogP contribution in [-0.2, 0) is 9.63 Å². The molecule has 7 heteroatoms. The first-order valence-corrected chi connectivity index (χ1v) is 8.24. The van der Waals surface area contributed by atoms with Gasteiger partial charge in [-0.25, -0.2) is 0 Å². The third kappa shape index (κ3) is 3.96. The number of amides is 1. The highest BCUT2D eigenvalue weighted by atomic mass is 79.9. The number of nitrogens with zero attached hydrogens (tertiary/aromatic N) is 2. The molecule has 1 saturated heterocycles. The number of oxime groups is 1. The summed E-state index contributed by atoms with van der Waals surface area (Å²) in [6, 6.07) is 2.15. The molecule has 1 amide bonds. The van der Waals surface area contributed by atoms with Gasteiger partial charge in [0.2, 0.25) is 0 Å². The van der Waals surface area contributed by atoms with E-state index in [2.05, 4.69) is 28.0 Å². The van der Waals surface area contributed by atoms with Gasteiger partial charge >= 0.3 is 0 Å². The molecular formula is C13H18BrN3O2S. The van der Waals surface area contributed by atoms with Gasteiger partial charge in [-0.15, -0.1) is 11.3 Å². The van der Waals surface area contributed by atoms with Crippen LogP contribution in [0.1, 0.15) is 31.1 Å². The van der Waals surface area contributed by atoms with Gasteiger partial charge in [0.05, 0.1) is 4.88 Å². The van der Waals surface area contributed by atoms with E-state index in [1.165, 1.54) is 17.8 Å². The van der Waals surface area contributed by atoms with E-state index in [1.54, 1.807) is 0 Å². The summed E-state index contributed by atoms with van der Waals surface area (Å²) in [7, 11) is 0. The summed E-state index contributed by atoms with van der Waals surface area (Å²) >= 11 is 4.82. The van der Waals surface area contributed by atoms with Gasteiger partial charge in [-0.2, -0.15) is 0 Å². The number of hydrogen-bond acceptors (Lipinski definition) is 4. The van der Waals surface area contributed by atoms with E-state index in [0.29, 0.717) is 5.84 Å². The second kappa shape index (κ2) is 7.08. The smallest absolute Gasteiger partial charge is 0.263 e. The Balaban J connectivity index is 1.84. The van der Waals surface area contributed by atoms with Crippen molar-refractivity contribution in [3.8, 4) is 0 Å². The molecule has 5 nitrogen and oxygen atoms in total. The van der Waals surface area contributed by atoms with Crippen molar-refractivity contribution in [2.45, 2.75) is 32.2 Å². The maximum absolute atomic E-state index is 12.0. The lowest BCUT2D eigenvalue weighted by molar-refractivity contribution is -0.139. The van der Waals surface area contributed by atoms with E-state index < -0.39 is 0 Å². The minimum atomic E-state index is -0.0580. The van der Waals surface area contributed by atoms with Crippen molar-refractivity contribution in [2.75, 3.05) is 13.2 Å². The molecule has 2 rings (SSSR count). The highest BCUT2D eigenvalue weighted by Crippen LogP contribution is 2.19. The summed E-state index contributed by atoms with van der Waals surface area (Å²) in [5.41, 5.74) is 5.79. The molecule has 1 aliphatic rings. The van der Waals surface area contributed by atoms with Crippen LogP contribution in [0.4, 0.5) is 0 Å². The molecule has 0 radical (unpaired) electrons. The van der Waals surface area contributed by atoms with Crippen molar-refractivity contribution in [2.24, 2.45) is 10.9 Å². The quantitative estimate of drug-likeness (QED) is 0.510. The minimum Gasteiger partial charge on any atom is -0.384 e. The van der Waals surface area contributed by atoms with Crippen LogP contribution in [0, 0.1) is 0 Å². The second-order valence-electron chi connectivity index (χ2n) is 4.81. The summed E-state index contributed by atoms with van der Waals surface area (Å²) in [5.74, 6) is 0.265. The second-order valence-corrected chi connectivity index (χ2v) is 6.64. The van der Waals surface area contributed by atoms with Crippen molar-refractivity contribution in [3.05, 3.63) is 20.8 Å². The molecule has 0 aromatic carbocycles. The standard InChI is InChI=1S/C13H18BrN3O2S/c1-9-4-2-3-5-17(9)12(18)7-19-16-13(15)11-6-10(14)8-20-11/h6,8-9H,2-5,7H2,1H3,(H2,15,16)/t9-/m0/s1. The lowest BCUT2D eigenvalue weighted by Gasteiger charge is -2.32. The maximum Gasteiger partial charge on any atom is 0.263 e. The van der Waals surface area contributed by atoms with Gasteiger partial charge in [0.15, 0.2) is 12.4 Å². The lowest BCUT2D eigenvalue weighted by atomic mass is 10.0. The van der Waals surface area contributed by atoms with Crippen molar-refractivity contribution >= 4 is 39.0 Å². The Morgan fingerprint density at radius 1 is 1.65 bits per heavy atom. The van der Waals surface area contributed by atoms with Crippen molar-refractivity contribution in [1.82, 2.24) is 4.90 Å². The van der Waals surface area contributed by atoms with Gasteiger partial charge in [-0.3, -0.25) is 4.79 Å². The number of halogens is 1. The highest BCUT2D eigenvalue weighted by molar-refractivity contribution is 9.10. The van der Waals surface area contributed by atoms with Crippen LogP contribution in [-0.4, -0.2) is 35.8 Å². The molecule has 1 atom stereocenters. The molecule has 0 unspecified atom stereocenters. The van der Waals surface area contributed by atoms with E-state index >= 15 is 0 Å². The summed E-state index contributed by atoms with van der Waals surface area (Å²) in [6.45, 7) is 2.82. The number of thiophene rings is 1. The molecule has 0 spiro atoms. The fourth-order valence-electron chi connectivity index (χ4n) is 2.20. The topological polar surface area (TPSA) is 67.9 Å². The monoisotopic (exact) mass is 359 g/mol. The molecule has 1 aliphatic heterocycles. The predicted octanol–water partition coefficient (Wildman–Crippen LogP) is 2.55. The Hall–Kier alpha value is -1.08. The van der Waals surface area contributed by atoms with Crippen LogP contribution in [0.2, 0.25) is 0 Å². The molecule has 2 N–H and O–H groups in total. The zero-order valence-electron chi connectivity index (χ0n) is 11.3. The molecule has 2 heterocycles. The zero-order chi connectivity index (χ0) is 14.5. The molecular weight excluding hydrogens is 342 g/mol. The van der Waals surface area contributed by atoms with E-state index in [-0.39, 0.29) is 18.6 Å². The summed E-state index contributed by atoms with van der Waals surface area (Å²) in [6.07, 6.45) is 3.30. The summed E-state index contributed by atoms with van der Waals surface area (Å²) in [4.78, 5) is 19.8. The molecule has 20 heavy (non-hydrogen) atoms. The predicted molar refractivity (Wildman–Crippen MR) is 83.7 cm³/mol. The number of rotatable bonds is 4. The lowest BCUT2D eigenvalue weighted by Crippen LogP contribution is -2.43. The molecule has 1 aromatic rings. The van der Waals surface area contributed by atoms with Crippen LogP contribution < -0.4 is 5.73 Å². The van der Waals surface area contributed by atoms with Crippen LogP contribution in [0.3, 0.4) is 0 Å². The van der Waals surface area contributed by atoms with E-state index in [1.807, 2.05) is 16.3 Å². The minimum absolute atomic E-state index is 0.0267. The van der Waals surface area contributed by atoms with Gasteiger partial charge in [0.25, 0.3) is 5.91 Å². The average Bonchev–Trinajstić information content (AvgIpc) is 2.85. The van der Waals surface area contributed by atoms with Crippen molar-refractivity contribution in [1.29, 1.82) is 0 Å². The van der Waals surface area contributed by atoms with Crippen molar-refractivity contribution in [3.63, 3.8) is 0 Å². The van der Waals surface area contributed by atoms with E-state index in [9.17, 15) is 4.79 Å². The van der Waals surface area contributed by atoms with Gasteiger partial charge in [0, 0.05) is 22.4 Å². The van der Waals surface area contributed by atoms with Crippen LogP contribution in [0.5, 0.6) is 0 Å². The first kappa shape index (κ1) is 15.3. The van der Waals surface area contributed by atoms with Crippen LogP contribution in [0.25, 0.3) is 0 Å². The zero-order valence-corrected chi connectivity index (χ0v) is 13.7. The number of amidine groups is 1. The Morgan fingerprint density at radius 2 is 2.45 bits per heavy atom. The third-order valence-electron chi connectivity index (χ3n) is 3.29. The van der Waals surface area contributed by atoms with Gasteiger partial charge in [-0.05, 0) is 48.2 Å². The highest BCUT2D eigenvalue weighted by Gasteiger charge is 2.23. The molecule has 0 aliphatic carbocycles. The Labute approximate surface area is 130 Å². The SMILES string of the molecule is C[C@H]1CCCCN1C(=O)CO/N=C(/N)c1cc(Br)cs1. The molecule has 1 fully saturated rings. The van der Waals surface area contributed by atoms with Crippen LogP contribution in [0.15, 0.2) is 21.1 Å². The maximum atomic E-state index is 12.0. The van der Waals surface area contributed by atoms with Crippen LogP contribution >= 0.6 is 27.3 Å². The first-order valence-electron chi connectivity index (χ1n) is 6.57. The molecule has 0 bridgehead atoms. The van der Waals surface area contributed by atoms with Gasteiger partial charge in [0.1, 0.15) is 0 Å². The fourth-order valence-corrected chi connectivity index (χ4v) is 3.52. The third-order valence-corrected chi connectivity index (χ3v) is 5.01. The largest absolute Gasteiger partial charge is 0.384 e. The van der Waals surface area contributed by atoms with E-state index in [0.717, 1.165) is 28.7 Å². The Kier molecular flexibility index (Phi) is 5.42. The molecule has 0 saturated carbocycles. The molecule has 110 valence electrons. The first-order chi connectivity index (χ1) is 9.58. The van der Waals surface area contributed by atoms with Gasteiger partial charge in [-0.1, -0.05) is 5.16 Å². The van der Waals surface area contributed by atoms with Crippen molar-refractivity contribution < 1.29 is 9.63 Å². The number of carbonyl (C=O) groups excluding carboxylic acids is 1. The number of likely N-dealkylation sites (tertiary alicyclic amines) is 1.